The van der Waals surface area contributed by atoms with E-state index >= 15 is 0 Å². The third-order valence-corrected chi connectivity index (χ3v) is 6.10. The van der Waals surface area contributed by atoms with Gasteiger partial charge < -0.3 is 15.6 Å². The Morgan fingerprint density at radius 1 is 1.46 bits per heavy atom. The molecule has 3 rings (SSSR count). The van der Waals surface area contributed by atoms with Gasteiger partial charge in [0, 0.05) is 29.0 Å². The normalized spacial score (nSPS) is 21.9. The lowest BCUT2D eigenvalue weighted by Gasteiger charge is -2.31. The van der Waals surface area contributed by atoms with Crippen LogP contribution in [-0.4, -0.2) is 36.6 Å². The Hall–Kier alpha value is -2.62. The van der Waals surface area contributed by atoms with Gasteiger partial charge in [-0.05, 0) is 32.0 Å². The van der Waals surface area contributed by atoms with E-state index in [1.807, 2.05) is 0 Å². The van der Waals surface area contributed by atoms with Crippen molar-refractivity contribution >= 4 is 28.2 Å². The summed E-state index contributed by atoms with van der Waals surface area (Å²) in [5, 5.41) is 6.10. The Morgan fingerprint density at radius 3 is 2.81 bits per heavy atom. The molecule has 3 N–H and O–H groups in total. The van der Waals surface area contributed by atoms with Crippen molar-refractivity contribution in [2.45, 2.75) is 31.6 Å². The van der Waals surface area contributed by atoms with E-state index < -0.39 is 33.3 Å². The van der Waals surface area contributed by atoms with Crippen molar-refractivity contribution in [1.82, 2.24) is 10.1 Å². The molecule has 138 valence electrons. The van der Waals surface area contributed by atoms with Gasteiger partial charge in [0.25, 0.3) is 11.7 Å². The summed E-state index contributed by atoms with van der Waals surface area (Å²) in [5.74, 6) is -0.620. The Labute approximate surface area is 151 Å². The van der Waals surface area contributed by atoms with Crippen molar-refractivity contribution in [2.75, 3.05) is 11.1 Å². The summed E-state index contributed by atoms with van der Waals surface area (Å²) in [7, 11) is -1.31. The monoisotopic (exact) mass is 379 g/mol. The summed E-state index contributed by atoms with van der Waals surface area (Å²) in [6, 6.07) is 3.37. The molecule has 0 spiro atoms. The van der Waals surface area contributed by atoms with E-state index in [1.54, 1.807) is 20.8 Å². The quantitative estimate of drug-likeness (QED) is 0.837. The molecule has 2 heterocycles. The number of carbonyl (C=O) groups is 1. The Bertz CT molecular complexity index is 924. The largest absolute Gasteiger partial charge is 0.386 e. The molecule has 0 aliphatic carbocycles. The van der Waals surface area contributed by atoms with Gasteiger partial charge in [0.2, 0.25) is 5.89 Å². The second-order valence-corrected chi connectivity index (χ2v) is 8.43. The molecule has 10 heteroatoms. The summed E-state index contributed by atoms with van der Waals surface area (Å²) in [5.41, 5.74) is 6.45. The molecular formula is C16H18FN5O3S. The van der Waals surface area contributed by atoms with Crippen LogP contribution < -0.4 is 11.1 Å². The number of rotatable bonds is 3. The Kier molecular flexibility index (Phi) is 4.61. The van der Waals surface area contributed by atoms with Crippen molar-refractivity contribution in [3.63, 3.8) is 0 Å². The lowest BCUT2D eigenvalue weighted by atomic mass is 10.1. The number of aromatic nitrogens is 2. The Morgan fingerprint density at radius 2 is 2.19 bits per heavy atom. The lowest BCUT2D eigenvalue weighted by molar-refractivity contribution is 0.101. The summed E-state index contributed by atoms with van der Waals surface area (Å²) < 4.78 is 30.7. The number of anilines is 1. The van der Waals surface area contributed by atoms with Gasteiger partial charge in [-0.3, -0.25) is 14.0 Å². The number of amides is 1. The average Bonchev–Trinajstić information content (AvgIpc) is 3.01. The molecule has 1 aliphatic rings. The van der Waals surface area contributed by atoms with Gasteiger partial charge in [-0.2, -0.15) is 4.98 Å². The van der Waals surface area contributed by atoms with Crippen molar-refractivity contribution in [3.05, 3.63) is 41.3 Å². The molecule has 0 saturated heterocycles. The van der Waals surface area contributed by atoms with Gasteiger partial charge in [-0.25, -0.2) is 4.39 Å². The van der Waals surface area contributed by atoms with Crippen LogP contribution >= 0.6 is 0 Å². The molecule has 26 heavy (non-hydrogen) atoms. The third-order valence-electron chi connectivity index (χ3n) is 4.13. The van der Waals surface area contributed by atoms with Crippen LogP contribution in [0.3, 0.4) is 0 Å². The second-order valence-electron chi connectivity index (χ2n) is 6.38. The number of hydrogen-bond donors (Lipinski definition) is 2. The van der Waals surface area contributed by atoms with Crippen molar-refractivity contribution in [1.29, 1.82) is 0 Å². The highest BCUT2D eigenvalue weighted by atomic mass is 32.2. The van der Waals surface area contributed by atoms with E-state index in [-0.39, 0.29) is 28.9 Å². The molecule has 2 aromatic rings. The lowest BCUT2D eigenvalue weighted by Crippen LogP contribution is -2.47. The number of nitrogens with one attached hydrogen (secondary N) is 1. The van der Waals surface area contributed by atoms with Crippen molar-refractivity contribution < 1.29 is 17.9 Å². The minimum atomic E-state index is -1.31. The molecule has 1 amide bonds. The van der Waals surface area contributed by atoms with E-state index in [9.17, 15) is 13.4 Å². The predicted octanol–water partition coefficient (Wildman–Crippen LogP) is 1.71. The number of halogens is 1. The van der Waals surface area contributed by atoms with Crippen LogP contribution in [0.15, 0.2) is 27.7 Å². The highest BCUT2D eigenvalue weighted by molar-refractivity contribution is 7.87. The number of aryl methyl sites for hydroxylation is 1. The number of nitrogens with zero attached hydrogens (tertiary/aromatic N) is 3. The zero-order valence-electron chi connectivity index (χ0n) is 14.4. The zero-order chi connectivity index (χ0) is 19.1. The molecule has 1 aliphatic heterocycles. The van der Waals surface area contributed by atoms with Crippen LogP contribution in [-0.2, 0) is 10.8 Å². The SMILES string of the molecule is Cc1nc(C(=O)Nc2ccc(F)c(C3CS(=O)C(C)(C)C(N)=N3)c2)no1. The first kappa shape index (κ1) is 18.2. The minimum Gasteiger partial charge on any atom is -0.386 e. The molecule has 0 radical (unpaired) electrons. The smallest absolute Gasteiger partial charge is 0.297 e. The van der Waals surface area contributed by atoms with Crippen LogP contribution in [0, 0.1) is 12.7 Å². The zero-order valence-corrected chi connectivity index (χ0v) is 15.3. The van der Waals surface area contributed by atoms with E-state index in [4.69, 9.17) is 10.3 Å². The maximum Gasteiger partial charge on any atom is 0.297 e. The number of aliphatic imine (C=N–C) groups is 1. The summed E-state index contributed by atoms with van der Waals surface area (Å²) in [4.78, 5) is 20.2. The van der Waals surface area contributed by atoms with Crippen LogP contribution in [0.1, 0.15) is 42.0 Å². The van der Waals surface area contributed by atoms with Crippen molar-refractivity contribution in [3.8, 4) is 0 Å². The van der Waals surface area contributed by atoms with E-state index in [0.717, 1.165) is 0 Å². The molecule has 2 unspecified atom stereocenters. The fourth-order valence-electron chi connectivity index (χ4n) is 2.44. The minimum absolute atomic E-state index is 0.129. The van der Waals surface area contributed by atoms with Gasteiger partial charge >= 0.3 is 0 Å². The highest BCUT2D eigenvalue weighted by Gasteiger charge is 2.37. The van der Waals surface area contributed by atoms with Gasteiger partial charge in [0.1, 0.15) is 11.7 Å². The average molecular weight is 379 g/mol. The van der Waals surface area contributed by atoms with Crippen LogP contribution in [0.5, 0.6) is 0 Å². The number of hydrogen-bond acceptors (Lipinski definition) is 7. The number of carbonyl (C=O) groups excluding carboxylic acids is 1. The molecule has 8 nitrogen and oxygen atoms in total. The van der Waals surface area contributed by atoms with Crippen LogP contribution in [0.4, 0.5) is 10.1 Å². The topological polar surface area (TPSA) is 123 Å². The second kappa shape index (κ2) is 6.60. The molecule has 1 aromatic carbocycles. The van der Waals surface area contributed by atoms with Crippen molar-refractivity contribution in [2.24, 2.45) is 10.7 Å². The van der Waals surface area contributed by atoms with Gasteiger partial charge in [0.05, 0.1) is 16.5 Å². The fourth-order valence-corrected chi connectivity index (χ4v) is 3.69. The molecular weight excluding hydrogens is 361 g/mol. The summed E-state index contributed by atoms with van der Waals surface area (Å²) in [6.07, 6.45) is 0. The van der Waals surface area contributed by atoms with E-state index in [2.05, 4.69) is 20.4 Å². The Balaban J connectivity index is 1.88. The number of nitrogens with two attached hydrogens (primary N) is 1. The number of amidine groups is 1. The summed E-state index contributed by atoms with van der Waals surface area (Å²) >= 11 is 0. The maximum absolute atomic E-state index is 14.3. The predicted molar refractivity (Wildman–Crippen MR) is 94.8 cm³/mol. The third kappa shape index (κ3) is 3.36. The first-order valence-corrected chi connectivity index (χ1v) is 9.13. The first-order chi connectivity index (χ1) is 12.2. The summed E-state index contributed by atoms with van der Waals surface area (Å²) in [6.45, 7) is 5.03. The van der Waals surface area contributed by atoms with Gasteiger partial charge in [-0.1, -0.05) is 5.16 Å². The van der Waals surface area contributed by atoms with Crippen LogP contribution in [0.2, 0.25) is 0 Å². The molecule has 2 atom stereocenters. The van der Waals surface area contributed by atoms with Crippen LogP contribution in [0.25, 0.3) is 0 Å². The fraction of sp³-hybridized carbons (Fsp3) is 0.375. The van der Waals surface area contributed by atoms with E-state index in [1.165, 1.54) is 18.2 Å². The van der Waals surface area contributed by atoms with Gasteiger partial charge in [-0.15, -0.1) is 0 Å². The molecule has 0 bridgehead atoms. The number of benzene rings is 1. The van der Waals surface area contributed by atoms with Gasteiger partial charge in [0.15, 0.2) is 0 Å². The highest BCUT2D eigenvalue weighted by Crippen LogP contribution is 2.32. The maximum atomic E-state index is 14.3. The molecule has 0 fully saturated rings. The molecule has 0 saturated carbocycles. The first-order valence-electron chi connectivity index (χ1n) is 7.82. The van der Waals surface area contributed by atoms with E-state index in [0.29, 0.717) is 5.69 Å². The standard InChI is InChI=1S/C16H18FN5O3S/c1-8-19-13(22-25-8)14(23)20-9-4-5-11(17)10(6-9)12-7-26(24)16(2,3)15(18)21-12/h4-6,12H,7H2,1-3H3,(H2,18,21)(H,20,23). The molecule has 1 aromatic heterocycles.